The van der Waals surface area contributed by atoms with Crippen LogP contribution in [0.4, 0.5) is 0 Å². The van der Waals surface area contributed by atoms with Crippen LogP contribution in [0.15, 0.2) is 89.9 Å². The second kappa shape index (κ2) is 9.64. The minimum atomic E-state index is -0.146. The van der Waals surface area contributed by atoms with Crippen LogP contribution in [0.25, 0.3) is 44.4 Å². The molecule has 0 atom stereocenters. The summed E-state index contributed by atoms with van der Waals surface area (Å²) in [4.78, 5) is 20.9. The highest BCUT2D eigenvalue weighted by Gasteiger charge is 2.16. The van der Waals surface area contributed by atoms with E-state index in [9.17, 15) is 4.79 Å². The maximum Gasteiger partial charge on any atom is 0.257 e. The summed E-state index contributed by atoms with van der Waals surface area (Å²) in [6, 6.07) is 26.6. The first-order chi connectivity index (χ1) is 16.0. The summed E-state index contributed by atoms with van der Waals surface area (Å²) in [7, 11) is 0. The molecule has 0 saturated heterocycles. The summed E-state index contributed by atoms with van der Waals surface area (Å²) in [5.41, 5.74) is 15.5. The molecule has 34 heavy (non-hydrogen) atoms. The van der Waals surface area contributed by atoms with Crippen LogP contribution < -0.4 is 11.3 Å². The third-order valence-electron chi connectivity index (χ3n) is 5.95. The van der Waals surface area contributed by atoms with E-state index in [0.29, 0.717) is 17.4 Å². The van der Waals surface area contributed by atoms with Crippen molar-refractivity contribution >= 4 is 23.3 Å². The Bertz CT molecular complexity index is 1500. The molecule has 3 N–H and O–H groups in total. The molecule has 5 aromatic rings. The Balaban J connectivity index is 0.00000274. The van der Waals surface area contributed by atoms with Crippen LogP contribution in [-0.4, -0.2) is 9.97 Å². The number of hydrogen-bond acceptors (Lipinski definition) is 3. The highest BCUT2D eigenvalue weighted by molar-refractivity contribution is 5.98. The van der Waals surface area contributed by atoms with Gasteiger partial charge in [0.2, 0.25) is 0 Å². The molecule has 170 valence electrons. The smallest absolute Gasteiger partial charge is 0.257 e. The van der Waals surface area contributed by atoms with E-state index in [1.165, 1.54) is 11.1 Å². The molecule has 0 fully saturated rings. The summed E-state index contributed by atoms with van der Waals surface area (Å²) in [5, 5.41) is 0.577. The largest absolute Gasteiger partial charge is 0.328 e. The Hall–Kier alpha value is -3.73. The summed E-state index contributed by atoms with van der Waals surface area (Å²) < 4.78 is 0. The van der Waals surface area contributed by atoms with E-state index in [2.05, 4.69) is 37.0 Å². The average Bonchev–Trinajstić information content (AvgIpc) is 2.83. The topological polar surface area (TPSA) is 71.8 Å². The van der Waals surface area contributed by atoms with Crippen molar-refractivity contribution in [3.8, 4) is 33.5 Å². The van der Waals surface area contributed by atoms with E-state index >= 15 is 0 Å². The lowest BCUT2D eigenvalue weighted by Gasteiger charge is -2.14. The molecule has 5 heteroatoms. The first-order valence-electron chi connectivity index (χ1n) is 11.0. The van der Waals surface area contributed by atoms with Gasteiger partial charge in [0.05, 0.1) is 16.6 Å². The maximum atomic E-state index is 12.9. The molecule has 5 rings (SSSR count). The number of rotatable bonds is 4. The highest BCUT2D eigenvalue weighted by Crippen LogP contribution is 2.35. The van der Waals surface area contributed by atoms with E-state index in [0.717, 1.165) is 39.1 Å². The van der Waals surface area contributed by atoms with Gasteiger partial charge in [-0.3, -0.25) is 4.79 Å². The van der Waals surface area contributed by atoms with Crippen molar-refractivity contribution in [2.45, 2.75) is 20.4 Å². The van der Waals surface area contributed by atoms with E-state index in [1.807, 2.05) is 60.7 Å². The van der Waals surface area contributed by atoms with Crippen LogP contribution in [0.2, 0.25) is 0 Å². The number of nitrogens with one attached hydrogen (secondary N) is 1. The van der Waals surface area contributed by atoms with E-state index in [4.69, 9.17) is 10.7 Å². The lowest BCUT2D eigenvalue weighted by atomic mass is 9.95. The van der Waals surface area contributed by atoms with Gasteiger partial charge in [0.1, 0.15) is 0 Å². The lowest BCUT2D eigenvalue weighted by Crippen LogP contribution is -2.08. The average molecular weight is 468 g/mol. The molecule has 0 aliphatic rings. The molecule has 0 bridgehead atoms. The fourth-order valence-corrected chi connectivity index (χ4v) is 4.38. The normalized spacial score (nSPS) is 10.8. The van der Waals surface area contributed by atoms with Crippen molar-refractivity contribution in [3.05, 3.63) is 112 Å². The predicted octanol–water partition coefficient (Wildman–Crippen LogP) is 6.42. The third kappa shape index (κ3) is 4.38. The van der Waals surface area contributed by atoms with Crippen LogP contribution >= 0.6 is 12.4 Å². The second-order valence-corrected chi connectivity index (χ2v) is 8.46. The number of benzene rings is 3. The quantitative estimate of drug-likeness (QED) is 0.320. The monoisotopic (exact) mass is 467 g/mol. The van der Waals surface area contributed by atoms with Gasteiger partial charge in [-0.1, -0.05) is 83.9 Å². The number of H-pyrrole nitrogens is 1. The number of halogens is 1. The number of nitrogens with zero attached hydrogens (tertiary/aromatic N) is 1. The number of pyridine rings is 2. The molecule has 3 aromatic carbocycles. The molecule has 0 amide bonds. The zero-order valence-electron chi connectivity index (χ0n) is 19.1. The second-order valence-electron chi connectivity index (χ2n) is 8.46. The van der Waals surface area contributed by atoms with Crippen LogP contribution in [0, 0.1) is 13.8 Å². The summed E-state index contributed by atoms with van der Waals surface area (Å²) >= 11 is 0. The fraction of sp³-hybridized carbons (Fsp3) is 0.103. The fourth-order valence-electron chi connectivity index (χ4n) is 4.38. The number of hydrogen-bond donors (Lipinski definition) is 2. The van der Waals surface area contributed by atoms with Gasteiger partial charge in [-0.15, -0.1) is 12.4 Å². The Labute approximate surface area is 204 Å². The Kier molecular flexibility index (Phi) is 6.64. The van der Waals surface area contributed by atoms with Crippen LogP contribution in [0.5, 0.6) is 0 Å². The van der Waals surface area contributed by atoms with Crippen LogP contribution in [0.3, 0.4) is 0 Å². The summed E-state index contributed by atoms with van der Waals surface area (Å²) in [6.07, 6.45) is 1.77. The van der Waals surface area contributed by atoms with Crippen molar-refractivity contribution in [1.29, 1.82) is 0 Å². The van der Waals surface area contributed by atoms with E-state index in [-0.39, 0.29) is 18.0 Å². The van der Waals surface area contributed by atoms with Gasteiger partial charge in [-0.05, 0) is 36.6 Å². The molecule has 0 aliphatic heterocycles. The Morgan fingerprint density at radius 3 is 2.12 bits per heavy atom. The van der Waals surface area contributed by atoms with Gasteiger partial charge in [-0.2, -0.15) is 0 Å². The highest BCUT2D eigenvalue weighted by atomic mass is 35.5. The van der Waals surface area contributed by atoms with E-state index < -0.39 is 0 Å². The predicted molar refractivity (Wildman–Crippen MR) is 143 cm³/mol. The SMILES string of the molecule is Cc1cc(C)cc(-c2c[nH]c(=O)c3cc(-c4ccccc4)c(-c4ccc(CN)cc4)nc23)c1.Cl. The number of nitrogens with two attached hydrogens (primary N) is 1. The molecule has 0 saturated carbocycles. The van der Waals surface area contributed by atoms with Gasteiger partial charge >= 0.3 is 0 Å². The van der Waals surface area contributed by atoms with Gasteiger partial charge in [0.25, 0.3) is 5.56 Å². The molecular weight excluding hydrogens is 442 g/mol. The number of fused-ring (bicyclic) bond motifs is 1. The van der Waals surface area contributed by atoms with Crippen molar-refractivity contribution in [1.82, 2.24) is 9.97 Å². The molecular formula is C29H26ClN3O. The first-order valence-corrected chi connectivity index (χ1v) is 11.0. The number of aromatic nitrogens is 2. The minimum Gasteiger partial charge on any atom is -0.328 e. The van der Waals surface area contributed by atoms with Crippen LogP contribution in [0.1, 0.15) is 16.7 Å². The third-order valence-corrected chi connectivity index (χ3v) is 5.95. The standard InChI is InChI=1S/C29H25N3O.ClH/c1-18-12-19(2)14-23(13-18)26-17-31-29(33)25-15-24(21-6-4-3-5-7-21)27(32-28(25)26)22-10-8-20(16-30)9-11-22;/h3-15,17H,16,30H2,1-2H3,(H,31,33);1H. The van der Waals surface area contributed by atoms with Gasteiger partial charge < -0.3 is 10.7 Å². The van der Waals surface area contributed by atoms with Crippen molar-refractivity contribution in [2.75, 3.05) is 0 Å². The van der Waals surface area contributed by atoms with Gasteiger partial charge in [0.15, 0.2) is 0 Å². The lowest BCUT2D eigenvalue weighted by molar-refractivity contribution is 1.07. The van der Waals surface area contributed by atoms with E-state index in [1.54, 1.807) is 6.20 Å². The Morgan fingerprint density at radius 2 is 1.47 bits per heavy atom. The molecule has 0 unspecified atom stereocenters. The summed E-state index contributed by atoms with van der Waals surface area (Å²) in [5.74, 6) is 0. The molecule has 0 radical (unpaired) electrons. The molecule has 2 heterocycles. The van der Waals surface area contributed by atoms with Crippen LogP contribution in [-0.2, 0) is 6.54 Å². The van der Waals surface area contributed by atoms with Crippen molar-refractivity contribution in [3.63, 3.8) is 0 Å². The molecule has 0 aliphatic carbocycles. The van der Waals surface area contributed by atoms with Crippen molar-refractivity contribution in [2.24, 2.45) is 5.73 Å². The van der Waals surface area contributed by atoms with Gasteiger partial charge in [-0.25, -0.2) is 4.98 Å². The maximum absolute atomic E-state index is 12.9. The zero-order valence-corrected chi connectivity index (χ0v) is 19.9. The summed E-state index contributed by atoms with van der Waals surface area (Å²) in [6.45, 7) is 4.65. The zero-order chi connectivity index (χ0) is 22.9. The molecule has 0 spiro atoms. The Morgan fingerprint density at radius 1 is 0.794 bits per heavy atom. The minimum absolute atomic E-state index is 0. The number of aryl methyl sites for hydroxylation is 2. The molecule has 2 aromatic heterocycles. The number of aromatic amines is 1. The van der Waals surface area contributed by atoms with Crippen molar-refractivity contribution < 1.29 is 0 Å². The molecule has 4 nitrogen and oxygen atoms in total. The first kappa shape index (κ1) is 23.4. The van der Waals surface area contributed by atoms with Gasteiger partial charge in [0, 0.05) is 29.4 Å².